The molecule has 20 heavy (non-hydrogen) atoms. The van der Waals surface area contributed by atoms with Crippen LogP contribution in [-0.4, -0.2) is 34.1 Å². The first-order valence-corrected chi connectivity index (χ1v) is 6.72. The number of hydrogen-bond acceptors (Lipinski definition) is 3. The zero-order valence-corrected chi connectivity index (χ0v) is 12.7. The number of benzene rings is 1. The van der Waals surface area contributed by atoms with E-state index in [0.717, 1.165) is 31.9 Å². The van der Waals surface area contributed by atoms with Crippen molar-refractivity contribution < 1.29 is 0 Å². The molecule has 0 bridgehead atoms. The number of nitrogens with two attached hydrogens (primary N) is 1. The zero-order valence-electron chi connectivity index (χ0n) is 11.9. The Morgan fingerprint density at radius 2 is 1.95 bits per heavy atom. The molecule has 0 saturated heterocycles. The summed E-state index contributed by atoms with van der Waals surface area (Å²) in [5, 5.41) is 0. The Labute approximate surface area is 127 Å². The summed E-state index contributed by atoms with van der Waals surface area (Å²) in [7, 11) is 2.03. The molecule has 0 aliphatic heterocycles. The largest absolute Gasteiger partial charge is 0.337 e. The van der Waals surface area contributed by atoms with Gasteiger partial charge in [0.1, 0.15) is 5.82 Å². The molecule has 1 aromatic heterocycles. The SMILES string of the molecule is Cl.Cn1ccnc1CN(CCN)CCc1ccccc1. The van der Waals surface area contributed by atoms with E-state index in [1.807, 2.05) is 19.4 Å². The van der Waals surface area contributed by atoms with Crippen molar-refractivity contribution in [3.05, 3.63) is 54.1 Å². The number of nitrogens with zero attached hydrogens (tertiary/aromatic N) is 3. The lowest BCUT2D eigenvalue weighted by atomic mass is 10.1. The van der Waals surface area contributed by atoms with E-state index in [2.05, 4.69) is 44.8 Å². The molecule has 0 fully saturated rings. The van der Waals surface area contributed by atoms with E-state index in [-0.39, 0.29) is 12.4 Å². The second-order valence-electron chi connectivity index (χ2n) is 4.75. The summed E-state index contributed by atoms with van der Waals surface area (Å²) in [4.78, 5) is 6.73. The molecule has 110 valence electrons. The van der Waals surface area contributed by atoms with Crippen LogP contribution in [0.15, 0.2) is 42.7 Å². The predicted octanol–water partition coefficient (Wildman–Crippen LogP) is 1.85. The molecule has 0 amide bonds. The smallest absolute Gasteiger partial charge is 0.122 e. The summed E-state index contributed by atoms with van der Waals surface area (Å²) in [5.74, 6) is 1.08. The van der Waals surface area contributed by atoms with E-state index in [1.165, 1.54) is 5.56 Å². The van der Waals surface area contributed by atoms with Crippen LogP contribution in [0.4, 0.5) is 0 Å². The number of aromatic nitrogens is 2. The van der Waals surface area contributed by atoms with Crippen molar-refractivity contribution in [1.82, 2.24) is 14.5 Å². The summed E-state index contributed by atoms with van der Waals surface area (Å²) in [5.41, 5.74) is 7.06. The topological polar surface area (TPSA) is 47.1 Å². The first kappa shape index (κ1) is 16.7. The molecule has 1 aromatic carbocycles. The van der Waals surface area contributed by atoms with Crippen LogP contribution in [0.3, 0.4) is 0 Å². The van der Waals surface area contributed by atoms with Crippen molar-refractivity contribution in [3.63, 3.8) is 0 Å². The minimum atomic E-state index is 0. The highest BCUT2D eigenvalue weighted by molar-refractivity contribution is 5.85. The van der Waals surface area contributed by atoms with Gasteiger partial charge >= 0.3 is 0 Å². The van der Waals surface area contributed by atoms with Gasteiger partial charge in [-0.3, -0.25) is 4.90 Å². The minimum absolute atomic E-state index is 0. The highest BCUT2D eigenvalue weighted by atomic mass is 35.5. The van der Waals surface area contributed by atoms with Crippen LogP contribution in [0, 0.1) is 0 Å². The van der Waals surface area contributed by atoms with Crippen molar-refractivity contribution in [2.24, 2.45) is 12.8 Å². The third kappa shape index (κ3) is 4.96. The molecule has 2 aromatic rings. The highest BCUT2D eigenvalue weighted by Crippen LogP contribution is 2.05. The molecule has 0 atom stereocenters. The van der Waals surface area contributed by atoms with E-state index >= 15 is 0 Å². The van der Waals surface area contributed by atoms with E-state index in [0.29, 0.717) is 6.54 Å². The fourth-order valence-corrected chi connectivity index (χ4v) is 2.13. The summed E-state index contributed by atoms with van der Waals surface area (Å²) in [6, 6.07) is 10.6. The molecule has 4 nitrogen and oxygen atoms in total. The molecular formula is C15H23ClN4. The van der Waals surface area contributed by atoms with Gasteiger partial charge in [-0.15, -0.1) is 12.4 Å². The van der Waals surface area contributed by atoms with Crippen molar-refractivity contribution in [2.75, 3.05) is 19.6 Å². The molecule has 0 radical (unpaired) electrons. The molecule has 0 saturated carbocycles. The van der Waals surface area contributed by atoms with Gasteiger partial charge in [-0.25, -0.2) is 4.98 Å². The summed E-state index contributed by atoms with van der Waals surface area (Å²) < 4.78 is 2.06. The second kappa shape index (κ2) is 8.74. The van der Waals surface area contributed by atoms with Crippen molar-refractivity contribution in [3.8, 4) is 0 Å². The molecule has 2 rings (SSSR count). The third-order valence-corrected chi connectivity index (χ3v) is 3.29. The van der Waals surface area contributed by atoms with Gasteiger partial charge in [0.05, 0.1) is 6.54 Å². The van der Waals surface area contributed by atoms with Gasteiger partial charge in [0, 0.05) is 39.1 Å². The van der Waals surface area contributed by atoms with Gasteiger partial charge in [-0.05, 0) is 12.0 Å². The Balaban J connectivity index is 0.00000200. The Hall–Kier alpha value is -1.36. The van der Waals surface area contributed by atoms with Crippen molar-refractivity contribution in [1.29, 1.82) is 0 Å². The van der Waals surface area contributed by atoms with Gasteiger partial charge in [0.25, 0.3) is 0 Å². The molecular weight excluding hydrogens is 272 g/mol. The lowest BCUT2D eigenvalue weighted by Crippen LogP contribution is -2.32. The number of imidazole rings is 1. The van der Waals surface area contributed by atoms with Crippen LogP contribution in [0.1, 0.15) is 11.4 Å². The average Bonchev–Trinajstić information content (AvgIpc) is 2.83. The zero-order chi connectivity index (χ0) is 13.5. The maximum atomic E-state index is 5.70. The molecule has 0 aliphatic carbocycles. The second-order valence-corrected chi connectivity index (χ2v) is 4.75. The van der Waals surface area contributed by atoms with Crippen LogP contribution < -0.4 is 5.73 Å². The monoisotopic (exact) mass is 294 g/mol. The van der Waals surface area contributed by atoms with Gasteiger partial charge < -0.3 is 10.3 Å². The molecule has 2 N–H and O–H groups in total. The highest BCUT2D eigenvalue weighted by Gasteiger charge is 2.08. The number of aryl methyl sites for hydroxylation is 1. The Morgan fingerprint density at radius 1 is 1.20 bits per heavy atom. The fourth-order valence-electron chi connectivity index (χ4n) is 2.13. The van der Waals surface area contributed by atoms with E-state index in [4.69, 9.17) is 5.73 Å². The van der Waals surface area contributed by atoms with Gasteiger partial charge in [0.15, 0.2) is 0 Å². The normalized spacial score (nSPS) is 10.6. The van der Waals surface area contributed by atoms with Crippen LogP contribution in [0.2, 0.25) is 0 Å². The van der Waals surface area contributed by atoms with Crippen molar-refractivity contribution >= 4 is 12.4 Å². The molecule has 0 unspecified atom stereocenters. The Bertz CT molecular complexity index is 484. The predicted molar refractivity (Wildman–Crippen MR) is 84.9 cm³/mol. The van der Waals surface area contributed by atoms with Crippen molar-refractivity contribution in [2.45, 2.75) is 13.0 Å². The summed E-state index contributed by atoms with van der Waals surface area (Å²) in [6.45, 7) is 3.44. The van der Waals surface area contributed by atoms with E-state index in [1.54, 1.807) is 0 Å². The standard InChI is InChI=1S/C15H22N4.ClH/c1-18-12-9-17-15(18)13-19(11-8-16)10-7-14-5-3-2-4-6-14;/h2-6,9,12H,7-8,10-11,13,16H2,1H3;1H. The first-order valence-electron chi connectivity index (χ1n) is 6.72. The van der Waals surface area contributed by atoms with Crippen LogP contribution in [0.25, 0.3) is 0 Å². The Kier molecular flexibility index (Phi) is 7.30. The molecule has 0 spiro atoms. The van der Waals surface area contributed by atoms with Crippen LogP contribution >= 0.6 is 12.4 Å². The van der Waals surface area contributed by atoms with E-state index in [9.17, 15) is 0 Å². The number of halogens is 1. The van der Waals surface area contributed by atoms with Gasteiger partial charge in [-0.1, -0.05) is 30.3 Å². The van der Waals surface area contributed by atoms with Gasteiger partial charge in [-0.2, -0.15) is 0 Å². The molecule has 0 aliphatic rings. The first-order chi connectivity index (χ1) is 9.29. The summed E-state index contributed by atoms with van der Waals surface area (Å²) >= 11 is 0. The van der Waals surface area contributed by atoms with E-state index < -0.39 is 0 Å². The van der Waals surface area contributed by atoms with Crippen LogP contribution in [0.5, 0.6) is 0 Å². The Morgan fingerprint density at radius 3 is 2.55 bits per heavy atom. The number of rotatable bonds is 7. The minimum Gasteiger partial charge on any atom is -0.337 e. The maximum Gasteiger partial charge on any atom is 0.122 e. The lowest BCUT2D eigenvalue weighted by molar-refractivity contribution is 0.267. The third-order valence-electron chi connectivity index (χ3n) is 3.29. The fraction of sp³-hybridized carbons (Fsp3) is 0.400. The lowest BCUT2D eigenvalue weighted by Gasteiger charge is -2.21. The molecule has 1 heterocycles. The van der Waals surface area contributed by atoms with Crippen LogP contribution in [-0.2, 0) is 20.0 Å². The van der Waals surface area contributed by atoms with Gasteiger partial charge in [0.2, 0.25) is 0 Å². The maximum absolute atomic E-state index is 5.70. The quantitative estimate of drug-likeness (QED) is 0.848. The number of hydrogen-bond donors (Lipinski definition) is 1. The average molecular weight is 295 g/mol. The summed E-state index contributed by atoms with van der Waals surface area (Å²) in [6.07, 6.45) is 4.87. The molecule has 5 heteroatoms.